The zero-order valence-corrected chi connectivity index (χ0v) is 37.8. The van der Waals surface area contributed by atoms with E-state index in [1.54, 1.807) is 78.0 Å². The van der Waals surface area contributed by atoms with Crippen molar-refractivity contribution in [2.45, 2.75) is 128 Å². The van der Waals surface area contributed by atoms with E-state index in [1.807, 2.05) is 0 Å². The van der Waals surface area contributed by atoms with E-state index in [2.05, 4.69) is 121 Å². The van der Waals surface area contributed by atoms with Crippen LogP contribution in [0.15, 0.2) is 176 Å². The van der Waals surface area contributed by atoms with Crippen LogP contribution in [0.25, 0.3) is 28.9 Å². The Bertz CT molecular complexity index is 2900. The van der Waals surface area contributed by atoms with Gasteiger partial charge in [-0.25, -0.2) is 0 Å². The molecule has 0 N–H and O–H groups in total. The highest BCUT2D eigenvalue weighted by molar-refractivity contribution is 5.87. The van der Waals surface area contributed by atoms with Crippen LogP contribution in [0.3, 0.4) is 0 Å². The standard InChI is InChI=1S/C64H62/c1-3-17-53-49(11-1)39-63(59-21-7-5-19-57(53)59)47-15-9-13-43(35-47)41-23-25-42(26-24-41)45-27-31-55-51(37-45)29-33-62-56-32-28-46(38-52(56)30-34-61(55)62)44-14-10-16-48(36-44)64-40-50-12-2-4-18-54(50)58-20-6-8-22-60(58)64/h1-2,7-9,11-13,15-16,21-23,25,35-40,53,57H,3-6,10,14,17-20,24,26-34H2. The van der Waals surface area contributed by atoms with E-state index in [4.69, 9.17) is 0 Å². The molecule has 0 aliphatic heterocycles. The number of fused-ring (bicyclic) bond motifs is 8. The quantitative estimate of drug-likeness (QED) is 0.282. The van der Waals surface area contributed by atoms with Gasteiger partial charge >= 0.3 is 0 Å². The Morgan fingerprint density at radius 1 is 0.438 bits per heavy atom. The van der Waals surface area contributed by atoms with Crippen LogP contribution < -0.4 is 0 Å². The largest absolute Gasteiger partial charge is 0.0842 e. The molecule has 0 fully saturated rings. The van der Waals surface area contributed by atoms with Gasteiger partial charge in [-0.2, -0.15) is 0 Å². The second-order valence-electron chi connectivity index (χ2n) is 20.6. The predicted molar refractivity (Wildman–Crippen MR) is 271 cm³/mol. The van der Waals surface area contributed by atoms with Crippen molar-refractivity contribution in [3.05, 3.63) is 215 Å². The molecule has 0 heteroatoms. The molecule has 2 unspecified atom stereocenters. The first-order valence-electron chi connectivity index (χ1n) is 25.5. The third-order valence-corrected chi connectivity index (χ3v) is 17.2. The molecule has 0 saturated heterocycles. The Morgan fingerprint density at radius 3 is 1.91 bits per heavy atom. The number of hydrogen-bond donors (Lipinski definition) is 0. The maximum atomic E-state index is 2.66. The van der Waals surface area contributed by atoms with Crippen LogP contribution in [-0.2, 0) is 12.8 Å². The summed E-state index contributed by atoms with van der Waals surface area (Å²) >= 11 is 0. The highest BCUT2D eigenvalue weighted by Crippen LogP contribution is 2.51. The maximum Gasteiger partial charge on any atom is -0.00840 e. The molecule has 0 bridgehead atoms. The Labute approximate surface area is 382 Å². The topological polar surface area (TPSA) is 0 Å². The van der Waals surface area contributed by atoms with Gasteiger partial charge in [0, 0.05) is 0 Å². The van der Waals surface area contributed by atoms with Crippen molar-refractivity contribution < 1.29 is 0 Å². The van der Waals surface area contributed by atoms with E-state index < -0.39 is 0 Å². The Balaban J connectivity index is 0.742. The first-order chi connectivity index (χ1) is 31.7. The molecule has 64 heavy (non-hydrogen) atoms. The molecule has 0 radical (unpaired) electrons. The molecule has 0 spiro atoms. The minimum atomic E-state index is 0.675. The van der Waals surface area contributed by atoms with E-state index in [0.717, 1.165) is 19.3 Å². The third kappa shape index (κ3) is 6.77. The molecule has 0 aromatic heterocycles. The lowest BCUT2D eigenvalue weighted by Crippen LogP contribution is -2.25. The number of hydrogen-bond acceptors (Lipinski definition) is 0. The summed E-state index contributed by atoms with van der Waals surface area (Å²) in [4.78, 5) is 0. The summed E-state index contributed by atoms with van der Waals surface area (Å²) in [5.41, 5.74) is 34.6. The molecule has 11 aliphatic carbocycles. The molecule has 0 heterocycles. The molecule has 2 atom stereocenters. The molecule has 0 saturated carbocycles. The lowest BCUT2D eigenvalue weighted by molar-refractivity contribution is 0.383. The summed E-state index contributed by atoms with van der Waals surface area (Å²) in [5.74, 6) is 1.38. The number of allylic oxidation sites excluding steroid dienone is 28. The second kappa shape index (κ2) is 16.2. The van der Waals surface area contributed by atoms with Gasteiger partial charge in [0.05, 0.1) is 0 Å². The Hall–Kier alpha value is -5.46. The summed E-state index contributed by atoms with van der Waals surface area (Å²) in [6.45, 7) is 0. The summed E-state index contributed by atoms with van der Waals surface area (Å²) in [5, 5.41) is 0. The predicted octanol–water partition coefficient (Wildman–Crippen LogP) is 17.1. The van der Waals surface area contributed by atoms with Crippen molar-refractivity contribution in [1.82, 2.24) is 0 Å². The molecule has 2 aromatic carbocycles. The first-order valence-corrected chi connectivity index (χ1v) is 25.5. The van der Waals surface area contributed by atoms with Gasteiger partial charge in [0.25, 0.3) is 0 Å². The minimum Gasteiger partial charge on any atom is -0.0842 e. The molecule has 318 valence electrons. The van der Waals surface area contributed by atoms with Crippen molar-refractivity contribution in [3.8, 4) is 0 Å². The average Bonchev–Trinajstić information content (AvgIpc) is 3.37. The van der Waals surface area contributed by atoms with Gasteiger partial charge in [-0.3, -0.25) is 0 Å². The summed E-state index contributed by atoms with van der Waals surface area (Å²) < 4.78 is 0. The van der Waals surface area contributed by atoms with E-state index in [-0.39, 0.29) is 0 Å². The zero-order valence-electron chi connectivity index (χ0n) is 37.8. The molecule has 13 rings (SSSR count). The van der Waals surface area contributed by atoms with Gasteiger partial charge < -0.3 is 0 Å². The number of benzene rings is 2. The molecule has 0 nitrogen and oxygen atoms in total. The molecular weight excluding hydrogens is 769 g/mol. The summed E-state index contributed by atoms with van der Waals surface area (Å²) in [7, 11) is 0. The van der Waals surface area contributed by atoms with E-state index in [0.29, 0.717) is 11.8 Å². The van der Waals surface area contributed by atoms with Crippen LogP contribution in [0, 0.1) is 11.8 Å². The van der Waals surface area contributed by atoms with Crippen LogP contribution in [-0.4, -0.2) is 0 Å². The fourth-order valence-electron chi connectivity index (χ4n) is 14.1. The van der Waals surface area contributed by atoms with Gasteiger partial charge in [0.15, 0.2) is 0 Å². The van der Waals surface area contributed by atoms with Crippen molar-refractivity contribution in [1.29, 1.82) is 0 Å². The van der Waals surface area contributed by atoms with Crippen molar-refractivity contribution in [2.75, 3.05) is 0 Å². The molecule has 11 aliphatic rings. The van der Waals surface area contributed by atoms with Crippen LogP contribution in [0.1, 0.15) is 155 Å². The summed E-state index contributed by atoms with van der Waals surface area (Å²) in [6.07, 6.45) is 61.3. The van der Waals surface area contributed by atoms with Gasteiger partial charge in [0.2, 0.25) is 0 Å². The summed E-state index contributed by atoms with van der Waals surface area (Å²) in [6, 6.07) is 12.0. The highest BCUT2D eigenvalue weighted by atomic mass is 14.4. The average molecular weight is 831 g/mol. The molecule has 2 aromatic rings. The fraction of sp³-hybridized carbons (Fsp3) is 0.344. The fourth-order valence-corrected chi connectivity index (χ4v) is 14.1. The van der Waals surface area contributed by atoms with E-state index >= 15 is 0 Å². The van der Waals surface area contributed by atoms with E-state index in [9.17, 15) is 0 Å². The number of rotatable bonds is 5. The van der Waals surface area contributed by atoms with Gasteiger partial charge in [-0.15, -0.1) is 0 Å². The van der Waals surface area contributed by atoms with Crippen LogP contribution in [0.4, 0.5) is 0 Å². The van der Waals surface area contributed by atoms with Crippen molar-refractivity contribution >= 4 is 28.9 Å². The monoisotopic (exact) mass is 830 g/mol. The van der Waals surface area contributed by atoms with Crippen LogP contribution in [0.5, 0.6) is 0 Å². The van der Waals surface area contributed by atoms with E-state index in [1.165, 1.54) is 154 Å². The highest BCUT2D eigenvalue weighted by Gasteiger charge is 2.35. The Kier molecular flexibility index (Phi) is 9.86. The van der Waals surface area contributed by atoms with Gasteiger partial charge in [0.1, 0.15) is 0 Å². The van der Waals surface area contributed by atoms with Crippen LogP contribution in [0.2, 0.25) is 0 Å². The SMILES string of the molecule is C1=Cc2cc(C3=CCCC(C4=CC5=C(CC4)C4=C(CC5)C5=C(C=C(C6=CC=C(c7cccc(C8=C9C=CCCC9C9CCC=CC9=C8)c7)CC6)CC5)CC4)=C3)c3c(c2CC1)CCC=C3. The van der Waals surface area contributed by atoms with Gasteiger partial charge in [-0.05, 0) is 275 Å². The second-order valence-corrected chi connectivity index (χ2v) is 20.6. The lowest BCUT2D eigenvalue weighted by atomic mass is 9.67. The minimum absolute atomic E-state index is 0.675. The maximum absolute atomic E-state index is 2.66. The van der Waals surface area contributed by atoms with Crippen molar-refractivity contribution in [3.63, 3.8) is 0 Å². The lowest BCUT2D eigenvalue weighted by Gasteiger charge is -2.37. The smallest absolute Gasteiger partial charge is 0.00840 e. The third-order valence-electron chi connectivity index (χ3n) is 17.2. The zero-order chi connectivity index (χ0) is 42.1. The molecular formula is C64H62. The van der Waals surface area contributed by atoms with Crippen molar-refractivity contribution in [2.24, 2.45) is 11.8 Å². The first kappa shape index (κ1) is 39.0. The van der Waals surface area contributed by atoms with Gasteiger partial charge in [-0.1, -0.05) is 109 Å². The van der Waals surface area contributed by atoms with Crippen LogP contribution >= 0.6 is 0 Å². The molecule has 0 amide bonds. The normalized spacial score (nSPS) is 25.7. The Morgan fingerprint density at radius 2 is 1.09 bits per heavy atom.